The summed E-state index contributed by atoms with van der Waals surface area (Å²) in [6, 6.07) is 12.5. The van der Waals surface area contributed by atoms with E-state index < -0.39 is 17.7 Å². The first-order chi connectivity index (χ1) is 9.88. The smallest absolute Gasteiger partial charge is 0.417 e. The van der Waals surface area contributed by atoms with Crippen molar-refractivity contribution in [3.05, 3.63) is 65.7 Å². The van der Waals surface area contributed by atoms with Crippen molar-refractivity contribution >= 4 is 12.0 Å². The maximum atomic E-state index is 13.1. The van der Waals surface area contributed by atoms with E-state index in [1.807, 2.05) is 0 Å². The standard InChI is InChI=1S/C16H11F3O2/c17-16(18,19)14-10-13(11-4-2-1-3-5-11)7-6-12(14)8-9-15(20)21/h1-10H,(H,20,21). The Morgan fingerprint density at radius 3 is 2.24 bits per heavy atom. The highest BCUT2D eigenvalue weighted by Gasteiger charge is 2.33. The molecule has 0 aromatic heterocycles. The van der Waals surface area contributed by atoms with Crippen LogP contribution in [0.15, 0.2) is 54.6 Å². The van der Waals surface area contributed by atoms with Crippen molar-refractivity contribution < 1.29 is 23.1 Å². The summed E-state index contributed by atoms with van der Waals surface area (Å²) in [6.07, 6.45) is -2.92. The van der Waals surface area contributed by atoms with Crippen molar-refractivity contribution in [3.8, 4) is 11.1 Å². The number of hydrogen-bond donors (Lipinski definition) is 1. The summed E-state index contributed by atoms with van der Waals surface area (Å²) < 4.78 is 39.3. The van der Waals surface area contributed by atoms with Crippen LogP contribution in [0.2, 0.25) is 0 Å². The Balaban J connectivity index is 2.53. The molecule has 1 N–H and O–H groups in total. The minimum atomic E-state index is -4.55. The molecule has 0 saturated heterocycles. The van der Waals surface area contributed by atoms with Crippen LogP contribution in [-0.2, 0) is 11.0 Å². The molecule has 0 amide bonds. The van der Waals surface area contributed by atoms with Gasteiger partial charge in [0.1, 0.15) is 0 Å². The lowest BCUT2D eigenvalue weighted by Gasteiger charge is -2.12. The lowest BCUT2D eigenvalue weighted by Crippen LogP contribution is -2.07. The third-order valence-electron chi connectivity index (χ3n) is 2.87. The van der Waals surface area contributed by atoms with Crippen molar-refractivity contribution in [3.63, 3.8) is 0 Å². The second kappa shape index (κ2) is 5.83. The van der Waals surface area contributed by atoms with Gasteiger partial charge in [-0.3, -0.25) is 0 Å². The SMILES string of the molecule is O=C(O)C=Cc1ccc(-c2ccccc2)cc1C(F)(F)F. The highest BCUT2D eigenvalue weighted by Crippen LogP contribution is 2.35. The monoisotopic (exact) mass is 292 g/mol. The molecule has 0 fully saturated rings. The number of carbonyl (C=O) groups is 1. The van der Waals surface area contributed by atoms with Gasteiger partial charge < -0.3 is 5.11 Å². The van der Waals surface area contributed by atoms with Gasteiger partial charge in [0.25, 0.3) is 0 Å². The molecule has 0 aliphatic rings. The van der Waals surface area contributed by atoms with E-state index in [0.717, 1.165) is 12.1 Å². The zero-order valence-electron chi connectivity index (χ0n) is 10.8. The van der Waals surface area contributed by atoms with Crippen LogP contribution in [0.25, 0.3) is 17.2 Å². The van der Waals surface area contributed by atoms with Gasteiger partial charge in [0.2, 0.25) is 0 Å². The van der Waals surface area contributed by atoms with Crippen molar-refractivity contribution in [2.75, 3.05) is 0 Å². The number of alkyl halides is 3. The summed E-state index contributed by atoms with van der Waals surface area (Å²) in [6.45, 7) is 0. The van der Waals surface area contributed by atoms with Gasteiger partial charge in [-0.05, 0) is 28.8 Å². The van der Waals surface area contributed by atoms with Crippen LogP contribution in [0.4, 0.5) is 13.2 Å². The highest BCUT2D eigenvalue weighted by molar-refractivity contribution is 5.86. The van der Waals surface area contributed by atoms with E-state index in [1.165, 1.54) is 12.1 Å². The van der Waals surface area contributed by atoms with E-state index in [9.17, 15) is 18.0 Å². The minimum absolute atomic E-state index is 0.176. The van der Waals surface area contributed by atoms with E-state index in [2.05, 4.69) is 0 Å². The molecule has 21 heavy (non-hydrogen) atoms. The molecule has 0 bridgehead atoms. The van der Waals surface area contributed by atoms with Gasteiger partial charge in [0, 0.05) is 6.08 Å². The number of carboxylic acid groups (broad SMARTS) is 1. The normalized spacial score (nSPS) is 11.8. The van der Waals surface area contributed by atoms with Gasteiger partial charge >= 0.3 is 12.1 Å². The molecule has 0 atom stereocenters. The molecule has 0 aliphatic heterocycles. The summed E-state index contributed by atoms with van der Waals surface area (Å²) in [4.78, 5) is 10.5. The first-order valence-electron chi connectivity index (χ1n) is 6.05. The topological polar surface area (TPSA) is 37.3 Å². The van der Waals surface area contributed by atoms with Crippen LogP contribution in [0.3, 0.4) is 0 Å². The number of hydrogen-bond acceptors (Lipinski definition) is 1. The largest absolute Gasteiger partial charge is 0.478 e. The zero-order valence-corrected chi connectivity index (χ0v) is 10.8. The molecule has 108 valence electrons. The van der Waals surface area contributed by atoms with Gasteiger partial charge in [-0.1, -0.05) is 42.5 Å². The van der Waals surface area contributed by atoms with Crippen LogP contribution < -0.4 is 0 Å². The van der Waals surface area contributed by atoms with E-state index in [1.54, 1.807) is 30.3 Å². The molecule has 0 unspecified atom stereocenters. The van der Waals surface area contributed by atoms with Crippen molar-refractivity contribution in [2.24, 2.45) is 0 Å². The Hall–Kier alpha value is -2.56. The molecular weight excluding hydrogens is 281 g/mol. The van der Waals surface area contributed by atoms with Crippen LogP contribution in [0, 0.1) is 0 Å². The molecule has 2 aromatic rings. The van der Waals surface area contributed by atoms with Crippen LogP contribution in [0.5, 0.6) is 0 Å². The molecule has 0 aliphatic carbocycles. The van der Waals surface area contributed by atoms with Gasteiger partial charge in [0.15, 0.2) is 0 Å². The average molecular weight is 292 g/mol. The first-order valence-corrected chi connectivity index (χ1v) is 6.05. The Morgan fingerprint density at radius 2 is 1.67 bits per heavy atom. The van der Waals surface area contributed by atoms with Crippen molar-refractivity contribution in [2.45, 2.75) is 6.18 Å². The van der Waals surface area contributed by atoms with E-state index in [-0.39, 0.29) is 5.56 Å². The summed E-state index contributed by atoms with van der Waals surface area (Å²) in [5, 5.41) is 8.53. The van der Waals surface area contributed by atoms with Crippen molar-refractivity contribution in [1.29, 1.82) is 0 Å². The highest BCUT2D eigenvalue weighted by atomic mass is 19.4. The van der Waals surface area contributed by atoms with Crippen LogP contribution >= 0.6 is 0 Å². The number of carboxylic acids is 1. The third kappa shape index (κ3) is 3.72. The van der Waals surface area contributed by atoms with E-state index in [0.29, 0.717) is 17.2 Å². The quantitative estimate of drug-likeness (QED) is 0.847. The maximum absolute atomic E-state index is 13.1. The molecular formula is C16H11F3O2. The maximum Gasteiger partial charge on any atom is 0.417 e. The van der Waals surface area contributed by atoms with E-state index in [4.69, 9.17) is 5.11 Å². The number of halogens is 3. The fourth-order valence-electron chi connectivity index (χ4n) is 1.92. The Morgan fingerprint density at radius 1 is 1.00 bits per heavy atom. The zero-order chi connectivity index (χ0) is 15.5. The lowest BCUT2D eigenvalue weighted by atomic mass is 9.98. The number of benzene rings is 2. The van der Waals surface area contributed by atoms with E-state index >= 15 is 0 Å². The Labute approximate surface area is 119 Å². The van der Waals surface area contributed by atoms with Gasteiger partial charge in [-0.15, -0.1) is 0 Å². The summed E-state index contributed by atoms with van der Waals surface area (Å²) in [5.74, 6) is -1.30. The predicted octanol–water partition coefficient (Wildman–Crippen LogP) is 4.47. The summed E-state index contributed by atoms with van der Waals surface area (Å²) >= 11 is 0. The van der Waals surface area contributed by atoms with Crippen molar-refractivity contribution in [1.82, 2.24) is 0 Å². The summed E-state index contributed by atoms with van der Waals surface area (Å²) in [7, 11) is 0. The molecule has 2 aromatic carbocycles. The van der Waals surface area contributed by atoms with Crippen LogP contribution in [0.1, 0.15) is 11.1 Å². The molecule has 2 nitrogen and oxygen atoms in total. The van der Waals surface area contributed by atoms with Crippen LogP contribution in [-0.4, -0.2) is 11.1 Å². The lowest BCUT2D eigenvalue weighted by molar-refractivity contribution is -0.137. The second-order valence-electron chi connectivity index (χ2n) is 4.34. The molecule has 5 heteroatoms. The fraction of sp³-hybridized carbons (Fsp3) is 0.0625. The Kier molecular flexibility index (Phi) is 4.12. The molecule has 0 heterocycles. The predicted molar refractivity (Wildman–Crippen MR) is 73.5 cm³/mol. The molecule has 0 radical (unpaired) electrons. The Bertz CT molecular complexity index is 674. The van der Waals surface area contributed by atoms with Gasteiger partial charge in [-0.25, -0.2) is 4.79 Å². The fourth-order valence-corrected chi connectivity index (χ4v) is 1.92. The molecule has 0 saturated carbocycles. The number of rotatable bonds is 3. The third-order valence-corrected chi connectivity index (χ3v) is 2.87. The van der Waals surface area contributed by atoms with Gasteiger partial charge in [0.05, 0.1) is 5.56 Å². The second-order valence-corrected chi connectivity index (χ2v) is 4.34. The number of aliphatic carboxylic acids is 1. The average Bonchev–Trinajstić information content (AvgIpc) is 2.45. The molecule has 2 rings (SSSR count). The minimum Gasteiger partial charge on any atom is -0.478 e. The molecule has 0 spiro atoms. The summed E-state index contributed by atoms with van der Waals surface area (Å²) in [5.41, 5.74) is 0.0538. The first kappa shape index (κ1) is 14.8. The van der Waals surface area contributed by atoms with Gasteiger partial charge in [-0.2, -0.15) is 13.2 Å².